The van der Waals surface area contributed by atoms with E-state index in [2.05, 4.69) is 60.1 Å². The first kappa shape index (κ1) is 14.6. The highest BCUT2D eigenvalue weighted by Crippen LogP contribution is 2.27. The van der Waals surface area contributed by atoms with Gasteiger partial charge in [0.2, 0.25) is 0 Å². The number of rotatable bonds is 4. The first-order chi connectivity index (χ1) is 9.11. The fraction of sp³-hybridized carbons (Fsp3) is 0.294. The van der Waals surface area contributed by atoms with Crippen molar-refractivity contribution in [2.24, 2.45) is 0 Å². The Hall–Kier alpha value is -0.790. The maximum absolute atomic E-state index is 5.96. The molecule has 0 saturated carbocycles. The molecule has 100 valence electrons. The SMILES string of the molecule is Cc1cccc(C)c1CC(CBr)c1ccc(Cl)cc1. The summed E-state index contributed by atoms with van der Waals surface area (Å²) < 4.78 is 0. The van der Waals surface area contributed by atoms with Crippen LogP contribution in [0.4, 0.5) is 0 Å². The second-order valence-corrected chi connectivity index (χ2v) is 6.06. The number of aryl methyl sites for hydroxylation is 2. The van der Waals surface area contributed by atoms with Crippen molar-refractivity contribution >= 4 is 27.5 Å². The molecule has 2 aromatic carbocycles. The highest BCUT2D eigenvalue weighted by molar-refractivity contribution is 9.09. The number of benzene rings is 2. The van der Waals surface area contributed by atoms with E-state index in [0.29, 0.717) is 5.92 Å². The summed E-state index contributed by atoms with van der Waals surface area (Å²) in [4.78, 5) is 0. The summed E-state index contributed by atoms with van der Waals surface area (Å²) >= 11 is 9.60. The van der Waals surface area contributed by atoms with Crippen molar-refractivity contribution in [3.63, 3.8) is 0 Å². The average molecular weight is 338 g/mol. The summed E-state index contributed by atoms with van der Waals surface area (Å²) in [5.41, 5.74) is 5.55. The largest absolute Gasteiger partial charge is 0.0921 e. The molecule has 1 unspecified atom stereocenters. The van der Waals surface area contributed by atoms with Gasteiger partial charge in [0.15, 0.2) is 0 Å². The maximum atomic E-state index is 5.96. The van der Waals surface area contributed by atoms with Crippen LogP contribution in [0.2, 0.25) is 5.02 Å². The highest BCUT2D eigenvalue weighted by Gasteiger charge is 2.13. The minimum atomic E-state index is 0.483. The Morgan fingerprint density at radius 3 is 2.11 bits per heavy atom. The molecule has 2 aromatic rings. The van der Waals surface area contributed by atoms with Crippen molar-refractivity contribution in [2.45, 2.75) is 26.2 Å². The minimum Gasteiger partial charge on any atom is -0.0921 e. The number of halogens is 2. The Balaban J connectivity index is 2.26. The molecule has 2 rings (SSSR count). The van der Waals surface area contributed by atoms with Crippen LogP contribution in [0.3, 0.4) is 0 Å². The second kappa shape index (κ2) is 6.58. The predicted octanol–water partition coefficient (Wildman–Crippen LogP) is 5.68. The predicted molar refractivity (Wildman–Crippen MR) is 87.6 cm³/mol. The smallest absolute Gasteiger partial charge is 0.0406 e. The molecule has 0 aliphatic carbocycles. The van der Waals surface area contributed by atoms with E-state index >= 15 is 0 Å². The zero-order valence-electron chi connectivity index (χ0n) is 11.3. The van der Waals surface area contributed by atoms with Gasteiger partial charge < -0.3 is 0 Å². The van der Waals surface area contributed by atoms with E-state index < -0.39 is 0 Å². The Morgan fingerprint density at radius 2 is 1.58 bits per heavy atom. The molecule has 2 heteroatoms. The molecule has 0 radical (unpaired) electrons. The van der Waals surface area contributed by atoms with E-state index in [4.69, 9.17) is 11.6 Å². The summed E-state index contributed by atoms with van der Waals surface area (Å²) in [6.45, 7) is 4.38. The molecule has 19 heavy (non-hydrogen) atoms. The van der Waals surface area contributed by atoms with Crippen LogP contribution in [0.15, 0.2) is 42.5 Å². The van der Waals surface area contributed by atoms with Crippen LogP contribution in [-0.4, -0.2) is 5.33 Å². The third kappa shape index (κ3) is 3.61. The zero-order chi connectivity index (χ0) is 13.8. The molecule has 1 atom stereocenters. The summed E-state index contributed by atoms with van der Waals surface area (Å²) in [6.07, 6.45) is 1.06. The van der Waals surface area contributed by atoms with Gasteiger partial charge in [0.25, 0.3) is 0 Å². The summed E-state index contributed by atoms with van der Waals surface area (Å²) in [6, 6.07) is 14.7. The maximum Gasteiger partial charge on any atom is 0.0406 e. The number of hydrogen-bond acceptors (Lipinski definition) is 0. The second-order valence-electron chi connectivity index (χ2n) is 4.98. The van der Waals surface area contributed by atoms with E-state index in [-0.39, 0.29) is 0 Å². The van der Waals surface area contributed by atoms with Crippen molar-refractivity contribution in [1.82, 2.24) is 0 Å². The Morgan fingerprint density at radius 1 is 1.00 bits per heavy atom. The van der Waals surface area contributed by atoms with Crippen LogP contribution in [0.5, 0.6) is 0 Å². The van der Waals surface area contributed by atoms with E-state index in [1.165, 1.54) is 22.3 Å². The lowest BCUT2D eigenvalue weighted by atomic mass is 9.89. The van der Waals surface area contributed by atoms with E-state index in [9.17, 15) is 0 Å². The Bertz CT molecular complexity index is 525. The molecule has 0 aliphatic rings. The molecule has 0 aliphatic heterocycles. The summed E-state index contributed by atoms with van der Waals surface area (Å²) in [7, 11) is 0. The molecular formula is C17H18BrCl. The lowest BCUT2D eigenvalue weighted by Gasteiger charge is -2.18. The lowest BCUT2D eigenvalue weighted by Crippen LogP contribution is -2.07. The van der Waals surface area contributed by atoms with E-state index in [1.807, 2.05) is 12.1 Å². The molecule has 0 nitrogen and oxygen atoms in total. The molecule has 0 heterocycles. The number of alkyl halides is 1. The van der Waals surface area contributed by atoms with Gasteiger partial charge in [-0.1, -0.05) is 57.9 Å². The third-order valence-electron chi connectivity index (χ3n) is 3.62. The van der Waals surface area contributed by atoms with Gasteiger partial charge >= 0.3 is 0 Å². The van der Waals surface area contributed by atoms with Gasteiger partial charge in [0, 0.05) is 10.4 Å². The van der Waals surface area contributed by atoms with Crippen molar-refractivity contribution in [1.29, 1.82) is 0 Å². The van der Waals surface area contributed by atoms with Gasteiger partial charge in [-0.3, -0.25) is 0 Å². The van der Waals surface area contributed by atoms with Crippen molar-refractivity contribution in [3.05, 3.63) is 69.7 Å². The minimum absolute atomic E-state index is 0.483. The molecule has 0 bridgehead atoms. The quantitative estimate of drug-likeness (QED) is 0.630. The van der Waals surface area contributed by atoms with E-state index in [0.717, 1.165) is 16.8 Å². The lowest BCUT2D eigenvalue weighted by molar-refractivity contribution is 0.767. The molecule has 0 N–H and O–H groups in total. The van der Waals surface area contributed by atoms with Crippen LogP contribution in [0.25, 0.3) is 0 Å². The van der Waals surface area contributed by atoms with Crippen molar-refractivity contribution < 1.29 is 0 Å². The Labute approximate surface area is 128 Å². The molecule has 0 fully saturated rings. The fourth-order valence-electron chi connectivity index (χ4n) is 2.41. The van der Waals surface area contributed by atoms with Gasteiger partial charge in [-0.05, 0) is 60.6 Å². The molecule has 0 amide bonds. The standard InChI is InChI=1S/C17H18BrCl/c1-12-4-3-5-13(2)17(12)10-15(11-18)14-6-8-16(19)9-7-14/h3-9,15H,10-11H2,1-2H3. The normalized spacial score (nSPS) is 12.4. The van der Waals surface area contributed by atoms with Crippen molar-refractivity contribution in [3.8, 4) is 0 Å². The number of hydrogen-bond donors (Lipinski definition) is 0. The molecule has 0 saturated heterocycles. The van der Waals surface area contributed by atoms with Crippen LogP contribution in [0.1, 0.15) is 28.2 Å². The van der Waals surface area contributed by atoms with Crippen LogP contribution in [0, 0.1) is 13.8 Å². The summed E-state index contributed by atoms with van der Waals surface area (Å²) in [5.74, 6) is 0.483. The van der Waals surface area contributed by atoms with Crippen molar-refractivity contribution in [2.75, 3.05) is 5.33 Å². The first-order valence-electron chi connectivity index (χ1n) is 6.48. The van der Waals surface area contributed by atoms with Crippen LogP contribution >= 0.6 is 27.5 Å². The van der Waals surface area contributed by atoms with Gasteiger partial charge in [-0.2, -0.15) is 0 Å². The topological polar surface area (TPSA) is 0 Å². The zero-order valence-corrected chi connectivity index (χ0v) is 13.6. The van der Waals surface area contributed by atoms with Gasteiger partial charge in [-0.15, -0.1) is 0 Å². The average Bonchev–Trinajstić information content (AvgIpc) is 2.40. The van der Waals surface area contributed by atoms with Gasteiger partial charge in [0.05, 0.1) is 0 Å². The molecular weight excluding hydrogens is 320 g/mol. The summed E-state index contributed by atoms with van der Waals surface area (Å²) in [5, 5.41) is 1.76. The van der Waals surface area contributed by atoms with Gasteiger partial charge in [-0.25, -0.2) is 0 Å². The van der Waals surface area contributed by atoms with Crippen LogP contribution < -0.4 is 0 Å². The molecule has 0 aromatic heterocycles. The molecule has 0 spiro atoms. The van der Waals surface area contributed by atoms with Crippen LogP contribution in [-0.2, 0) is 6.42 Å². The monoisotopic (exact) mass is 336 g/mol. The Kier molecular flexibility index (Phi) is 5.06. The fourth-order valence-corrected chi connectivity index (χ4v) is 3.14. The van der Waals surface area contributed by atoms with Gasteiger partial charge in [0.1, 0.15) is 0 Å². The third-order valence-corrected chi connectivity index (χ3v) is 4.66. The first-order valence-corrected chi connectivity index (χ1v) is 7.98. The highest BCUT2D eigenvalue weighted by atomic mass is 79.9. The van der Waals surface area contributed by atoms with E-state index in [1.54, 1.807) is 0 Å².